The Kier molecular flexibility index (Phi) is 2.85. The standard InChI is InChI=1S/C15H16N2O2/c1-9-7-12(9)16-14(18)13-8-10-5-3-4-6-11(10)15(17-13)19-2/h3-6,8-9,12H,7H2,1-2H3,(H,16,18). The maximum Gasteiger partial charge on any atom is 0.270 e. The summed E-state index contributed by atoms with van der Waals surface area (Å²) in [5, 5.41) is 4.86. The average Bonchev–Trinajstić information content (AvgIpc) is 3.12. The van der Waals surface area contributed by atoms with Gasteiger partial charge in [-0.3, -0.25) is 4.79 Å². The molecule has 98 valence electrons. The van der Waals surface area contributed by atoms with Gasteiger partial charge in [0, 0.05) is 11.4 Å². The topological polar surface area (TPSA) is 51.2 Å². The van der Waals surface area contributed by atoms with E-state index in [0.717, 1.165) is 17.2 Å². The molecule has 1 aromatic heterocycles. The number of carbonyl (C=O) groups excluding carboxylic acids is 1. The van der Waals surface area contributed by atoms with E-state index in [0.29, 0.717) is 23.5 Å². The fraction of sp³-hybridized carbons (Fsp3) is 0.333. The van der Waals surface area contributed by atoms with Crippen LogP contribution in [-0.4, -0.2) is 24.0 Å². The first kappa shape index (κ1) is 12.0. The Morgan fingerprint density at radius 1 is 1.42 bits per heavy atom. The fourth-order valence-electron chi connectivity index (χ4n) is 2.20. The quantitative estimate of drug-likeness (QED) is 0.917. The molecule has 2 atom stereocenters. The van der Waals surface area contributed by atoms with Gasteiger partial charge in [-0.2, -0.15) is 0 Å². The number of aromatic nitrogens is 1. The second-order valence-electron chi connectivity index (χ2n) is 5.03. The molecular formula is C15H16N2O2. The van der Waals surface area contributed by atoms with E-state index in [1.165, 1.54) is 0 Å². The minimum atomic E-state index is -0.126. The van der Waals surface area contributed by atoms with Crippen molar-refractivity contribution >= 4 is 16.7 Å². The van der Waals surface area contributed by atoms with E-state index < -0.39 is 0 Å². The lowest BCUT2D eigenvalue weighted by molar-refractivity contribution is 0.0943. The maximum atomic E-state index is 12.1. The molecule has 3 rings (SSSR count). The van der Waals surface area contributed by atoms with Crippen LogP contribution in [0.3, 0.4) is 0 Å². The summed E-state index contributed by atoms with van der Waals surface area (Å²) in [4.78, 5) is 16.4. The van der Waals surface area contributed by atoms with Crippen LogP contribution in [0.2, 0.25) is 0 Å². The zero-order chi connectivity index (χ0) is 13.4. The molecule has 1 aromatic carbocycles. The number of pyridine rings is 1. The van der Waals surface area contributed by atoms with Crippen LogP contribution >= 0.6 is 0 Å². The number of amides is 1. The van der Waals surface area contributed by atoms with Crippen molar-refractivity contribution < 1.29 is 9.53 Å². The Morgan fingerprint density at radius 2 is 2.16 bits per heavy atom. The second kappa shape index (κ2) is 4.53. The molecule has 1 aliphatic rings. The van der Waals surface area contributed by atoms with Gasteiger partial charge in [0.2, 0.25) is 5.88 Å². The molecular weight excluding hydrogens is 240 g/mol. The van der Waals surface area contributed by atoms with Crippen LogP contribution in [0.1, 0.15) is 23.8 Å². The minimum absolute atomic E-state index is 0.126. The molecule has 0 aliphatic heterocycles. The third-order valence-electron chi connectivity index (χ3n) is 3.56. The van der Waals surface area contributed by atoms with E-state index in [9.17, 15) is 4.79 Å². The molecule has 4 heteroatoms. The summed E-state index contributed by atoms with van der Waals surface area (Å²) in [6.07, 6.45) is 1.05. The smallest absolute Gasteiger partial charge is 0.270 e. The third kappa shape index (κ3) is 2.26. The molecule has 1 N–H and O–H groups in total. The first-order chi connectivity index (χ1) is 9.19. The highest BCUT2D eigenvalue weighted by atomic mass is 16.5. The molecule has 0 spiro atoms. The monoisotopic (exact) mass is 256 g/mol. The van der Waals surface area contributed by atoms with E-state index in [-0.39, 0.29) is 5.91 Å². The van der Waals surface area contributed by atoms with Gasteiger partial charge in [-0.25, -0.2) is 4.98 Å². The number of rotatable bonds is 3. The molecule has 1 amide bonds. The summed E-state index contributed by atoms with van der Waals surface area (Å²) in [6, 6.07) is 9.86. The number of hydrogen-bond acceptors (Lipinski definition) is 3. The minimum Gasteiger partial charge on any atom is -0.481 e. The molecule has 1 heterocycles. The first-order valence-corrected chi connectivity index (χ1v) is 6.43. The molecule has 4 nitrogen and oxygen atoms in total. The maximum absolute atomic E-state index is 12.1. The SMILES string of the molecule is COc1nc(C(=O)NC2CC2C)cc2ccccc12. The van der Waals surface area contributed by atoms with Crippen molar-refractivity contribution in [3.8, 4) is 5.88 Å². The van der Waals surface area contributed by atoms with Crippen molar-refractivity contribution in [1.82, 2.24) is 10.3 Å². The first-order valence-electron chi connectivity index (χ1n) is 6.43. The lowest BCUT2D eigenvalue weighted by atomic mass is 10.1. The van der Waals surface area contributed by atoms with Crippen LogP contribution in [-0.2, 0) is 0 Å². The Balaban J connectivity index is 1.97. The van der Waals surface area contributed by atoms with Gasteiger partial charge in [0.1, 0.15) is 5.69 Å². The largest absolute Gasteiger partial charge is 0.481 e. The Bertz CT molecular complexity index is 639. The Hall–Kier alpha value is -2.10. The van der Waals surface area contributed by atoms with Crippen LogP contribution < -0.4 is 10.1 Å². The van der Waals surface area contributed by atoms with E-state index in [4.69, 9.17) is 4.74 Å². The summed E-state index contributed by atoms with van der Waals surface area (Å²) in [6.45, 7) is 2.12. The molecule has 2 unspecified atom stereocenters. The van der Waals surface area contributed by atoms with Crippen molar-refractivity contribution in [2.24, 2.45) is 5.92 Å². The van der Waals surface area contributed by atoms with Gasteiger partial charge in [-0.05, 0) is 29.9 Å². The summed E-state index contributed by atoms with van der Waals surface area (Å²) in [7, 11) is 1.57. The number of fused-ring (bicyclic) bond motifs is 1. The van der Waals surface area contributed by atoms with E-state index in [2.05, 4.69) is 17.2 Å². The molecule has 0 saturated heterocycles. The van der Waals surface area contributed by atoms with Gasteiger partial charge < -0.3 is 10.1 Å². The number of methoxy groups -OCH3 is 1. The molecule has 0 radical (unpaired) electrons. The predicted molar refractivity (Wildman–Crippen MR) is 73.3 cm³/mol. The Morgan fingerprint density at radius 3 is 2.84 bits per heavy atom. The molecule has 0 bridgehead atoms. The lowest BCUT2D eigenvalue weighted by Gasteiger charge is -2.08. The molecule has 1 saturated carbocycles. The highest BCUT2D eigenvalue weighted by Crippen LogP contribution is 2.30. The van der Waals surface area contributed by atoms with Crippen molar-refractivity contribution in [1.29, 1.82) is 0 Å². The molecule has 2 aromatic rings. The molecule has 1 fully saturated rings. The zero-order valence-corrected chi connectivity index (χ0v) is 11.0. The average molecular weight is 256 g/mol. The number of nitrogens with one attached hydrogen (secondary N) is 1. The Labute approximate surface area is 111 Å². The number of nitrogens with zero attached hydrogens (tertiary/aromatic N) is 1. The van der Waals surface area contributed by atoms with Crippen LogP contribution in [0.5, 0.6) is 5.88 Å². The van der Waals surface area contributed by atoms with Crippen molar-refractivity contribution in [2.75, 3.05) is 7.11 Å². The summed E-state index contributed by atoms with van der Waals surface area (Å²) in [5.74, 6) is 0.941. The number of hydrogen-bond donors (Lipinski definition) is 1. The fourth-order valence-corrected chi connectivity index (χ4v) is 2.20. The summed E-state index contributed by atoms with van der Waals surface area (Å²) < 4.78 is 5.27. The van der Waals surface area contributed by atoms with Crippen LogP contribution in [0.25, 0.3) is 10.8 Å². The lowest BCUT2D eigenvalue weighted by Crippen LogP contribution is -2.27. The molecule has 1 aliphatic carbocycles. The number of benzene rings is 1. The number of carbonyl (C=O) groups is 1. The summed E-state index contributed by atoms with van der Waals surface area (Å²) >= 11 is 0. The van der Waals surface area contributed by atoms with Crippen molar-refractivity contribution in [3.05, 3.63) is 36.0 Å². The van der Waals surface area contributed by atoms with Gasteiger partial charge in [0.05, 0.1) is 7.11 Å². The second-order valence-corrected chi connectivity index (χ2v) is 5.03. The van der Waals surface area contributed by atoms with E-state index in [1.54, 1.807) is 13.2 Å². The van der Waals surface area contributed by atoms with Crippen LogP contribution in [0.15, 0.2) is 30.3 Å². The third-order valence-corrected chi connectivity index (χ3v) is 3.56. The highest BCUT2D eigenvalue weighted by molar-refractivity contribution is 5.98. The van der Waals surface area contributed by atoms with Gasteiger partial charge >= 0.3 is 0 Å². The van der Waals surface area contributed by atoms with Crippen molar-refractivity contribution in [2.45, 2.75) is 19.4 Å². The van der Waals surface area contributed by atoms with Crippen LogP contribution in [0.4, 0.5) is 0 Å². The summed E-state index contributed by atoms with van der Waals surface area (Å²) in [5.41, 5.74) is 0.412. The normalized spacial score (nSPS) is 21.2. The van der Waals surface area contributed by atoms with Gasteiger partial charge in [-0.1, -0.05) is 25.1 Å². The van der Waals surface area contributed by atoms with E-state index in [1.807, 2.05) is 24.3 Å². The van der Waals surface area contributed by atoms with E-state index >= 15 is 0 Å². The van der Waals surface area contributed by atoms with Gasteiger partial charge in [0.25, 0.3) is 5.91 Å². The zero-order valence-electron chi connectivity index (χ0n) is 11.0. The number of ether oxygens (including phenoxy) is 1. The van der Waals surface area contributed by atoms with Gasteiger partial charge in [-0.15, -0.1) is 0 Å². The van der Waals surface area contributed by atoms with Gasteiger partial charge in [0.15, 0.2) is 0 Å². The predicted octanol–water partition coefficient (Wildman–Crippen LogP) is 2.38. The highest BCUT2D eigenvalue weighted by Gasteiger charge is 2.34. The van der Waals surface area contributed by atoms with Crippen molar-refractivity contribution in [3.63, 3.8) is 0 Å². The molecule has 19 heavy (non-hydrogen) atoms. The van der Waals surface area contributed by atoms with Crippen LogP contribution in [0, 0.1) is 5.92 Å².